The molecule has 0 aromatic heterocycles. The van der Waals surface area contributed by atoms with Crippen LogP contribution in [0.4, 0.5) is 8.78 Å². The molecule has 0 radical (unpaired) electrons. The minimum Gasteiger partial charge on any atom is -0.329 e. The van der Waals surface area contributed by atoms with Gasteiger partial charge in [0.15, 0.2) is 0 Å². The van der Waals surface area contributed by atoms with E-state index in [1.165, 1.54) is 12.1 Å². The van der Waals surface area contributed by atoms with Gasteiger partial charge in [-0.2, -0.15) is 0 Å². The molecule has 0 aliphatic heterocycles. The van der Waals surface area contributed by atoms with Gasteiger partial charge in [-0.25, -0.2) is 8.78 Å². The van der Waals surface area contributed by atoms with Crippen molar-refractivity contribution in [2.45, 2.75) is 31.4 Å². The zero-order valence-electron chi connectivity index (χ0n) is 9.00. The first-order valence-electron chi connectivity index (χ1n) is 5.55. The van der Waals surface area contributed by atoms with E-state index in [1.54, 1.807) is 6.07 Å². The van der Waals surface area contributed by atoms with Gasteiger partial charge in [0.25, 0.3) is 6.43 Å². The van der Waals surface area contributed by atoms with Gasteiger partial charge >= 0.3 is 0 Å². The number of benzene rings is 1. The van der Waals surface area contributed by atoms with Gasteiger partial charge in [0.2, 0.25) is 0 Å². The first-order valence-corrected chi connectivity index (χ1v) is 5.55. The Balaban J connectivity index is 2.12. The molecule has 3 N–H and O–H groups in total. The number of nitrogens with two attached hydrogens (primary N) is 1. The lowest BCUT2D eigenvalue weighted by atomic mass is 10.0. The van der Waals surface area contributed by atoms with Crippen LogP contribution in [-0.2, 0) is 0 Å². The van der Waals surface area contributed by atoms with Crippen LogP contribution in [0.3, 0.4) is 0 Å². The van der Waals surface area contributed by atoms with Crippen molar-refractivity contribution >= 4 is 0 Å². The maximum absolute atomic E-state index is 12.5. The van der Waals surface area contributed by atoms with E-state index in [9.17, 15) is 8.78 Å². The molecule has 1 saturated carbocycles. The predicted octanol–water partition coefficient (Wildman–Crippen LogP) is 2.38. The van der Waals surface area contributed by atoms with Gasteiger partial charge in [-0.1, -0.05) is 18.2 Å². The molecule has 0 bridgehead atoms. The van der Waals surface area contributed by atoms with Crippen molar-refractivity contribution in [2.24, 2.45) is 5.73 Å². The molecule has 2 rings (SSSR count). The van der Waals surface area contributed by atoms with E-state index < -0.39 is 6.43 Å². The smallest absolute Gasteiger partial charge is 0.263 e. The van der Waals surface area contributed by atoms with E-state index in [-0.39, 0.29) is 11.6 Å². The molecule has 1 fully saturated rings. The zero-order chi connectivity index (χ0) is 11.5. The lowest BCUT2D eigenvalue weighted by molar-refractivity contribution is 0.151. The topological polar surface area (TPSA) is 38.0 Å². The molecule has 0 spiro atoms. The summed E-state index contributed by atoms with van der Waals surface area (Å²) in [6.45, 7) is 0.434. The summed E-state index contributed by atoms with van der Waals surface area (Å²) in [6.07, 6.45) is -0.102. The molecule has 1 unspecified atom stereocenters. The monoisotopic (exact) mass is 226 g/mol. The van der Waals surface area contributed by atoms with Gasteiger partial charge < -0.3 is 11.1 Å². The van der Waals surface area contributed by atoms with E-state index in [0.29, 0.717) is 12.6 Å². The Labute approximate surface area is 93.8 Å². The third kappa shape index (κ3) is 2.77. The van der Waals surface area contributed by atoms with E-state index in [0.717, 1.165) is 18.4 Å². The Hall–Kier alpha value is -1.00. The van der Waals surface area contributed by atoms with Crippen LogP contribution in [0.25, 0.3) is 0 Å². The van der Waals surface area contributed by atoms with E-state index in [1.807, 2.05) is 6.07 Å². The number of halogens is 2. The van der Waals surface area contributed by atoms with Crippen LogP contribution in [0.2, 0.25) is 0 Å². The van der Waals surface area contributed by atoms with Crippen LogP contribution in [0.5, 0.6) is 0 Å². The summed E-state index contributed by atoms with van der Waals surface area (Å²) in [4.78, 5) is 0. The third-order valence-electron chi connectivity index (χ3n) is 2.81. The first kappa shape index (κ1) is 11.5. The Morgan fingerprint density at radius 2 is 2.00 bits per heavy atom. The molecule has 1 atom stereocenters. The SMILES string of the molecule is NCC(NC1CC1)c1cccc(C(F)F)c1. The minimum atomic E-state index is -2.42. The van der Waals surface area contributed by atoms with Crippen molar-refractivity contribution in [2.75, 3.05) is 6.54 Å². The summed E-state index contributed by atoms with van der Waals surface area (Å²) in [7, 11) is 0. The maximum atomic E-state index is 12.5. The van der Waals surface area contributed by atoms with Gasteiger partial charge in [0.1, 0.15) is 0 Å². The normalized spacial score (nSPS) is 17.8. The lowest BCUT2D eigenvalue weighted by Gasteiger charge is -2.17. The van der Waals surface area contributed by atoms with Gasteiger partial charge in [-0.3, -0.25) is 0 Å². The Bertz CT molecular complexity index is 351. The average molecular weight is 226 g/mol. The first-order chi connectivity index (χ1) is 7.70. The molecule has 1 aromatic rings. The fourth-order valence-electron chi connectivity index (χ4n) is 1.75. The van der Waals surface area contributed by atoms with Crippen LogP contribution >= 0.6 is 0 Å². The summed E-state index contributed by atoms with van der Waals surface area (Å²) in [5, 5.41) is 3.35. The van der Waals surface area contributed by atoms with E-state index in [4.69, 9.17) is 5.73 Å². The minimum absolute atomic E-state index is 0.00815. The molecule has 1 aromatic carbocycles. The predicted molar refractivity (Wildman–Crippen MR) is 59.4 cm³/mol. The molecule has 88 valence electrons. The number of hydrogen-bond donors (Lipinski definition) is 2. The van der Waals surface area contributed by atoms with Crippen LogP contribution in [0.15, 0.2) is 24.3 Å². The Morgan fingerprint density at radius 1 is 1.31 bits per heavy atom. The van der Waals surface area contributed by atoms with Crippen molar-refractivity contribution in [1.29, 1.82) is 0 Å². The number of hydrogen-bond acceptors (Lipinski definition) is 2. The van der Waals surface area contributed by atoms with Gasteiger partial charge in [-0.05, 0) is 24.5 Å². The maximum Gasteiger partial charge on any atom is 0.263 e. The number of rotatable bonds is 5. The number of alkyl halides is 2. The molecule has 0 heterocycles. The largest absolute Gasteiger partial charge is 0.329 e. The van der Waals surface area contributed by atoms with Gasteiger partial charge in [-0.15, -0.1) is 0 Å². The summed E-state index contributed by atoms with van der Waals surface area (Å²) >= 11 is 0. The van der Waals surface area contributed by atoms with Crippen molar-refractivity contribution in [1.82, 2.24) is 5.32 Å². The Morgan fingerprint density at radius 3 is 2.56 bits per heavy atom. The molecule has 0 saturated heterocycles. The third-order valence-corrected chi connectivity index (χ3v) is 2.81. The molecular weight excluding hydrogens is 210 g/mol. The summed E-state index contributed by atoms with van der Waals surface area (Å²) in [6, 6.07) is 7.00. The Kier molecular flexibility index (Phi) is 3.51. The number of nitrogens with one attached hydrogen (secondary N) is 1. The van der Waals surface area contributed by atoms with Crippen LogP contribution in [0, 0.1) is 0 Å². The van der Waals surface area contributed by atoms with Crippen molar-refractivity contribution in [3.63, 3.8) is 0 Å². The summed E-state index contributed by atoms with van der Waals surface area (Å²) in [5.41, 5.74) is 6.57. The fourth-order valence-corrected chi connectivity index (χ4v) is 1.75. The fraction of sp³-hybridized carbons (Fsp3) is 0.500. The second-order valence-corrected chi connectivity index (χ2v) is 4.20. The highest BCUT2D eigenvalue weighted by Crippen LogP contribution is 2.26. The molecular formula is C12H16F2N2. The van der Waals surface area contributed by atoms with Crippen molar-refractivity contribution in [3.05, 3.63) is 35.4 Å². The zero-order valence-corrected chi connectivity index (χ0v) is 9.00. The van der Waals surface area contributed by atoms with Crippen molar-refractivity contribution in [3.8, 4) is 0 Å². The average Bonchev–Trinajstić information content (AvgIpc) is 3.10. The molecule has 1 aliphatic carbocycles. The molecule has 1 aliphatic rings. The van der Waals surface area contributed by atoms with E-state index in [2.05, 4.69) is 5.32 Å². The van der Waals surface area contributed by atoms with Crippen molar-refractivity contribution < 1.29 is 8.78 Å². The quantitative estimate of drug-likeness (QED) is 0.809. The van der Waals surface area contributed by atoms with Crippen LogP contribution < -0.4 is 11.1 Å². The van der Waals surface area contributed by atoms with Crippen LogP contribution in [0.1, 0.15) is 36.4 Å². The highest BCUT2D eigenvalue weighted by atomic mass is 19.3. The lowest BCUT2D eigenvalue weighted by Crippen LogP contribution is -2.29. The van der Waals surface area contributed by atoms with E-state index >= 15 is 0 Å². The summed E-state index contributed by atoms with van der Waals surface area (Å²) < 4.78 is 25.1. The molecule has 4 heteroatoms. The van der Waals surface area contributed by atoms with Gasteiger partial charge in [0, 0.05) is 24.2 Å². The molecule has 16 heavy (non-hydrogen) atoms. The van der Waals surface area contributed by atoms with Gasteiger partial charge in [0.05, 0.1) is 0 Å². The molecule has 0 amide bonds. The second kappa shape index (κ2) is 4.89. The molecule has 2 nitrogen and oxygen atoms in total. The van der Waals surface area contributed by atoms with Crippen LogP contribution in [-0.4, -0.2) is 12.6 Å². The summed E-state index contributed by atoms with van der Waals surface area (Å²) in [5.74, 6) is 0. The standard InChI is InChI=1S/C12H16F2N2/c13-12(14)9-3-1-2-8(6-9)11(7-15)16-10-4-5-10/h1-3,6,10-12,16H,4-5,7,15H2. The highest BCUT2D eigenvalue weighted by Gasteiger charge is 2.24. The highest BCUT2D eigenvalue weighted by molar-refractivity contribution is 5.27. The second-order valence-electron chi connectivity index (χ2n) is 4.20.